The molecule has 3 heterocycles. The van der Waals surface area contributed by atoms with Gasteiger partial charge in [0, 0.05) is 25.2 Å². The van der Waals surface area contributed by atoms with Gasteiger partial charge in [-0.2, -0.15) is 27.0 Å². The monoisotopic (exact) mass is 446 g/mol. The average molecular weight is 446 g/mol. The summed E-state index contributed by atoms with van der Waals surface area (Å²) in [6.45, 7) is 19.8. The Morgan fingerprint density at radius 3 is 2.14 bits per heavy atom. The maximum atomic E-state index is 12.7. The van der Waals surface area contributed by atoms with Gasteiger partial charge >= 0.3 is 13.2 Å². The normalized spacial score (nSPS) is 30.8. The zero-order valence-corrected chi connectivity index (χ0v) is 21.3. The molecule has 6 nitrogen and oxygen atoms in total. The number of amides is 1. The van der Waals surface area contributed by atoms with Crippen molar-refractivity contribution in [1.29, 1.82) is 0 Å². The van der Waals surface area contributed by atoms with Crippen LogP contribution in [-0.4, -0.2) is 71.0 Å². The summed E-state index contributed by atoms with van der Waals surface area (Å²) in [6.07, 6.45) is 2.00. The highest BCUT2D eigenvalue weighted by Crippen LogP contribution is 2.40. The number of fused-ring (bicyclic) bond motifs is 1. The van der Waals surface area contributed by atoms with Gasteiger partial charge in [-0.1, -0.05) is 6.08 Å². The predicted octanol–water partition coefficient (Wildman–Crippen LogP) is 3.48. The molecule has 1 amide bonds. The molecule has 0 aromatic heterocycles. The third-order valence-electron chi connectivity index (χ3n) is 6.26. The van der Waals surface area contributed by atoms with Gasteiger partial charge in [-0.15, -0.1) is 0 Å². The van der Waals surface area contributed by atoms with Crippen LogP contribution < -0.4 is 0 Å². The van der Waals surface area contributed by atoms with E-state index in [0.29, 0.717) is 0 Å². The van der Waals surface area contributed by atoms with Crippen LogP contribution in [-0.2, 0) is 14.0 Å². The van der Waals surface area contributed by atoms with Gasteiger partial charge in [0.25, 0.3) is 0 Å². The van der Waals surface area contributed by atoms with Gasteiger partial charge in [0.2, 0.25) is 0 Å². The molecule has 3 atom stereocenters. The second-order valence-corrected chi connectivity index (χ2v) is 10.2. The van der Waals surface area contributed by atoms with Crippen molar-refractivity contribution in [1.82, 2.24) is 9.80 Å². The number of ether oxygens (including phenoxy) is 1. The lowest BCUT2D eigenvalue weighted by Gasteiger charge is -2.47. The SMILES string of the molecule is C[C@@H]1[C@@H]2C=C(B3OC(C)(C)C(C)(C)O3)CN2C[C@H](C)N1C(=O)OC(C)(C)C.S.S. The molecule has 0 unspecified atom stereocenters. The molecule has 29 heavy (non-hydrogen) atoms. The van der Waals surface area contributed by atoms with Crippen LogP contribution in [0.4, 0.5) is 4.79 Å². The molecular formula is C20H39BN2O4S2. The Kier molecular flexibility index (Phi) is 7.96. The maximum Gasteiger partial charge on any atom is 0.491 e. The van der Waals surface area contributed by atoms with E-state index in [4.69, 9.17) is 14.0 Å². The first-order chi connectivity index (χ1) is 12.2. The molecule has 0 spiro atoms. The number of hydrogen-bond acceptors (Lipinski definition) is 5. The van der Waals surface area contributed by atoms with Crippen LogP contribution in [0.5, 0.6) is 0 Å². The van der Waals surface area contributed by atoms with E-state index in [-0.39, 0.29) is 69.5 Å². The molecule has 0 N–H and O–H groups in total. The van der Waals surface area contributed by atoms with Gasteiger partial charge in [-0.25, -0.2) is 4.79 Å². The quantitative estimate of drug-likeness (QED) is 0.578. The van der Waals surface area contributed by atoms with E-state index < -0.39 is 5.60 Å². The fraction of sp³-hybridized carbons (Fsp3) is 0.850. The van der Waals surface area contributed by atoms with Crippen molar-refractivity contribution in [3.63, 3.8) is 0 Å². The minimum atomic E-state index is -0.493. The number of carbonyl (C=O) groups excluding carboxylic acids is 1. The minimum Gasteiger partial charge on any atom is -0.444 e. The Labute approximate surface area is 190 Å². The lowest BCUT2D eigenvalue weighted by molar-refractivity contribution is -0.0219. The van der Waals surface area contributed by atoms with E-state index in [2.05, 4.69) is 52.5 Å². The molecule has 0 radical (unpaired) electrons. The first kappa shape index (κ1) is 26.7. The van der Waals surface area contributed by atoms with Crippen LogP contribution in [0, 0.1) is 0 Å². The van der Waals surface area contributed by atoms with E-state index in [1.807, 2.05) is 25.7 Å². The smallest absolute Gasteiger partial charge is 0.444 e. The molecule has 0 saturated carbocycles. The number of hydrogen-bond donors (Lipinski definition) is 0. The van der Waals surface area contributed by atoms with E-state index in [0.717, 1.165) is 18.6 Å². The molecule has 0 aromatic rings. The van der Waals surface area contributed by atoms with Crippen molar-refractivity contribution in [2.75, 3.05) is 13.1 Å². The van der Waals surface area contributed by atoms with Crippen molar-refractivity contribution >= 4 is 40.2 Å². The van der Waals surface area contributed by atoms with Crippen LogP contribution in [0.2, 0.25) is 0 Å². The van der Waals surface area contributed by atoms with Crippen LogP contribution in [0.3, 0.4) is 0 Å². The van der Waals surface area contributed by atoms with Crippen molar-refractivity contribution in [2.45, 2.75) is 97.2 Å². The minimum absolute atomic E-state index is 0. The van der Waals surface area contributed by atoms with E-state index in [1.54, 1.807) is 0 Å². The third-order valence-corrected chi connectivity index (χ3v) is 6.26. The lowest BCUT2D eigenvalue weighted by Crippen LogP contribution is -2.62. The van der Waals surface area contributed by atoms with Gasteiger partial charge in [-0.05, 0) is 67.8 Å². The van der Waals surface area contributed by atoms with E-state index in [9.17, 15) is 4.79 Å². The molecule has 3 rings (SSSR count). The summed E-state index contributed by atoms with van der Waals surface area (Å²) >= 11 is 0. The molecule has 9 heteroatoms. The Bertz CT molecular complexity index is 635. The number of carbonyl (C=O) groups is 1. The lowest BCUT2D eigenvalue weighted by atomic mass is 9.78. The molecule has 0 aromatic carbocycles. The topological polar surface area (TPSA) is 51.2 Å². The van der Waals surface area contributed by atoms with E-state index in [1.165, 1.54) is 0 Å². The van der Waals surface area contributed by atoms with Crippen molar-refractivity contribution in [3.8, 4) is 0 Å². The summed E-state index contributed by atoms with van der Waals surface area (Å²) in [4.78, 5) is 17.0. The summed E-state index contributed by atoms with van der Waals surface area (Å²) in [5.74, 6) is 0. The first-order valence-corrected chi connectivity index (χ1v) is 10.0. The van der Waals surface area contributed by atoms with Gasteiger partial charge in [0.05, 0.1) is 17.2 Å². The Morgan fingerprint density at radius 1 is 1.14 bits per heavy atom. The Morgan fingerprint density at radius 2 is 1.66 bits per heavy atom. The summed E-state index contributed by atoms with van der Waals surface area (Å²) in [6, 6.07) is 0.281. The van der Waals surface area contributed by atoms with Crippen molar-refractivity contribution in [3.05, 3.63) is 11.5 Å². The number of piperazine rings is 1. The molecule has 2 saturated heterocycles. The second-order valence-electron chi connectivity index (χ2n) is 10.2. The fourth-order valence-corrected chi connectivity index (χ4v) is 4.15. The zero-order valence-electron chi connectivity index (χ0n) is 19.3. The van der Waals surface area contributed by atoms with Crippen LogP contribution >= 0.6 is 27.0 Å². The Hall–Kier alpha value is -0.345. The standard InChI is InChI=1S/C20H35BN2O4.2H2S/c1-13-11-22-12-15(21-26-19(6,7)20(8,9)27-21)10-16(22)14(2)23(13)17(24)25-18(3,4)5;;/h10,13-14,16H,11-12H2,1-9H3;2*1H2/t13-,14+,16-;;/m0../s1. The van der Waals surface area contributed by atoms with Crippen molar-refractivity contribution < 1.29 is 18.8 Å². The van der Waals surface area contributed by atoms with Crippen molar-refractivity contribution in [2.24, 2.45) is 0 Å². The zero-order chi connectivity index (χ0) is 20.4. The highest BCUT2D eigenvalue weighted by atomic mass is 32.1. The largest absolute Gasteiger partial charge is 0.491 e. The second kappa shape index (κ2) is 8.65. The van der Waals surface area contributed by atoms with Gasteiger partial charge < -0.3 is 14.0 Å². The molecule has 0 aliphatic carbocycles. The highest BCUT2D eigenvalue weighted by Gasteiger charge is 2.54. The summed E-state index contributed by atoms with van der Waals surface area (Å²) in [5.41, 5.74) is -0.0252. The first-order valence-electron chi connectivity index (χ1n) is 10.0. The molecule has 168 valence electrons. The molecule has 3 aliphatic rings. The maximum absolute atomic E-state index is 12.7. The van der Waals surface area contributed by atoms with Gasteiger partial charge in [0.1, 0.15) is 5.60 Å². The molecule has 2 fully saturated rings. The van der Waals surface area contributed by atoms with Gasteiger partial charge in [-0.3, -0.25) is 9.80 Å². The summed E-state index contributed by atoms with van der Waals surface area (Å²) in [7, 11) is -0.321. The van der Waals surface area contributed by atoms with E-state index >= 15 is 0 Å². The van der Waals surface area contributed by atoms with Gasteiger partial charge in [0.15, 0.2) is 0 Å². The number of rotatable bonds is 1. The fourth-order valence-electron chi connectivity index (χ4n) is 4.15. The molecule has 3 aliphatic heterocycles. The third kappa shape index (κ3) is 5.11. The average Bonchev–Trinajstić information content (AvgIpc) is 2.96. The van der Waals surface area contributed by atoms with Crippen LogP contribution in [0.25, 0.3) is 0 Å². The Balaban J connectivity index is 0.00000210. The predicted molar refractivity (Wildman–Crippen MR) is 127 cm³/mol. The summed E-state index contributed by atoms with van der Waals surface area (Å²) < 4.78 is 18.1. The number of nitrogens with zero attached hydrogens (tertiary/aromatic N) is 2. The molecular weight excluding hydrogens is 407 g/mol. The van der Waals surface area contributed by atoms with Crippen LogP contribution in [0.1, 0.15) is 62.3 Å². The molecule has 0 bridgehead atoms. The summed E-state index contributed by atoms with van der Waals surface area (Å²) in [5, 5.41) is 0. The van der Waals surface area contributed by atoms with Crippen LogP contribution in [0.15, 0.2) is 11.5 Å². The highest BCUT2D eigenvalue weighted by molar-refractivity contribution is 7.59.